The maximum absolute atomic E-state index is 6.13. The van der Waals surface area contributed by atoms with Gasteiger partial charge in [-0.25, -0.2) is 0 Å². The first-order chi connectivity index (χ1) is 31.2. The summed E-state index contributed by atoms with van der Waals surface area (Å²) in [7, 11) is 0. The number of hydrogen-bond donors (Lipinski definition) is 0. The fraction of sp³-hybridized carbons (Fsp3) is 0. The molecule has 0 saturated carbocycles. The molecule has 2 aromatic heterocycles. The molecule has 3 nitrogen and oxygen atoms in total. The molecule has 0 radical (unpaired) electrons. The molecule has 2 heterocycles. The van der Waals surface area contributed by atoms with E-state index in [4.69, 9.17) is 4.42 Å². The van der Waals surface area contributed by atoms with Gasteiger partial charge in [-0.2, -0.15) is 0 Å². The molecule has 296 valence electrons. The highest BCUT2D eigenvalue weighted by molar-refractivity contribution is 6.09. The number of rotatable bonds is 8. The van der Waals surface area contributed by atoms with Gasteiger partial charge < -0.3 is 13.9 Å². The fourth-order valence-corrected chi connectivity index (χ4v) is 9.27. The largest absolute Gasteiger partial charge is 0.456 e. The van der Waals surface area contributed by atoms with Gasteiger partial charge in [-0.3, -0.25) is 0 Å². The lowest BCUT2D eigenvalue weighted by atomic mass is 9.99. The van der Waals surface area contributed by atoms with Gasteiger partial charge in [-0.1, -0.05) is 164 Å². The van der Waals surface area contributed by atoms with Crippen LogP contribution in [0.3, 0.4) is 0 Å². The van der Waals surface area contributed by atoms with Crippen molar-refractivity contribution in [3.05, 3.63) is 243 Å². The number of nitrogens with zero attached hydrogens (tertiary/aromatic N) is 2. The van der Waals surface area contributed by atoms with E-state index >= 15 is 0 Å². The molecule has 12 aromatic rings. The van der Waals surface area contributed by atoms with Gasteiger partial charge in [0.05, 0.1) is 11.0 Å². The van der Waals surface area contributed by atoms with Crippen LogP contribution in [0.1, 0.15) is 0 Å². The lowest BCUT2D eigenvalue weighted by Crippen LogP contribution is -2.09. The molecule has 0 spiro atoms. The van der Waals surface area contributed by atoms with Crippen molar-refractivity contribution in [2.45, 2.75) is 0 Å². The third-order valence-corrected chi connectivity index (χ3v) is 12.4. The summed E-state index contributed by atoms with van der Waals surface area (Å²) in [5, 5.41) is 4.79. The Morgan fingerprint density at radius 2 is 0.667 bits per heavy atom. The molecule has 0 unspecified atom stereocenters. The normalized spacial score (nSPS) is 11.5. The van der Waals surface area contributed by atoms with Gasteiger partial charge >= 0.3 is 0 Å². The van der Waals surface area contributed by atoms with E-state index in [2.05, 4.69) is 240 Å². The van der Waals surface area contributed by atoms with E-state index in [1.165, 1.54) is 49.6 Å². The van der Waals surface area contributed by atoms with E-state index in [0.29, 0.717) is 0 Å². The highest BCUT2D eigenvalue weighted by Crippen LogP contribution is 2.40. The number of benzene rings is 10. The maximum Gasteiger partial charge on any atom is 0.135 e. The Bertz CT molecular complexity index is 3530. The molecule has 12 rings (SSSR count). The van der Waals surface area contributed by atoms with Crippen molar-refractivity contribution in [2.24, 2.45) is 0 Å². The third-order valence-electron chi connectivity index (χ3n) is 12.4. The Morgan fingerprint density at radius 3 is 1.24 bits per heavy atom. The monoisotopic (exact) mass is 804 g/mol. The van der Waals surface area contributed by atoms with Gasteiger partial charge in [0.25, 0.3) is 0 Å². The fourth-order valence-electron chi connectivity index (χ4n) is 9.27. The number of furan rings is 1. The van der Waals surface area contributed by atoms with Crippen molar-refractivity contribution in [1.29, 1.82) is 0 Å². The van der Waals surface area contributed by atoms with Crippen molar-refractivity contribution in [3.8, 4) is 50.2 Å². The van der Waals surface area contributed by atoms with E-state index in [9.17, 15) is 0 Å². The van der Waals surface area contributed by atoms with Gasteiger partial charge in [-0.05, 0) is 123 Å². The highest BCUT2D eigenvalue weighted by atomic mass is 16.3. The van der Waals surface area contributed by atoms with Crippen molar-refractivity contribution >= 4 is 60.8 Å². The summed E-state index contributed by atoms with van der Waals surface area (Å²) < 4.78 is 8.51. The summed E-state index contributed by atoms with van der Waals surface area (Å²) in [6.45, 7) is 0. The summed E-state index contributed by atoms with van der Waals surface area (Å²) in [6.07, 6.45) is 0. The molecule has 0 saturated heterocycles. The Morgan fingerprint density at radius 1 is 0.270 bits per heavy atom. The number of para-hydroxylation sites is 3. The molecular weight excluding hydrogens is 765 g/mol. The zero-order valence-electron chi connectivity index (χ0n) is 34.4. The minimum atomic E-state index is 0.903. The molecule has 0 aliphatic heterocycles. The van der Waals surface area contributed by atoms with Crippen LogP contribution in [-0.4, -0.2) is 4.57 Å². The van der Waals surface area contributed by atoms with Crippen LogP contribution in [0.2, 0.25) is 0 Å². The van der Waals surface area contributed by atoms with Gasteiger partial charge in [0.1, 0.15) is 11.2 Å². The maximum atomic E-state index is 6.13. The molecule has 63 heavy (non-hydrogen) atoms. The second-order valence-electron chi connectivity index (χ2n) is 16.1. The van der Waals surface area contributed by atoms with Crippen LogP contribution in [0, 0.1) is 0 Å². The molecule has 0 N–H and O–H groups in total. The zero-order valence-corrected chi connectivity index (χ0v) is 34.4. The van der Waals surface area contributed by atoms with E-state index in [1.807, 2.05) is 12.1 Å². The van der Waals surface area contributed by atoms with Crippen molar-refractivity contribution < 1.29 is 4.42 Å². The zero-order chi connectivity index (χ0) is 41.7. The van der Waals surface area contributed by atoms with Gasteiger partial charge in [-0.15, -0.1) is 0 Å². The van der Waals surface area contributed by atoms with E-state index in [1.54, 1.807) is 0 Å². The number of fused-ring (bicyclic) bond motifs is 6. The average Bonchev–Trinajstić information content (AvgIpc) is 3.91. The molecule has 0 amide bonds. The van der Waals surface area contributed by atoms with E-state index in [0.717, 1.165) is 61.4 Å². The van der Waals surface area contributed by atoms with Crippen molar-refractivity contribution in [1.82, 2.24) is 4.57 Å². The van der Waals surface area contributed by atoms with Crippen LogP contribution < -0.4 is 4.90 Å². The second kappa shape index (κ2) is 15.3. The number of anilines is 3. The lowest BCUT2D eigenvalue weighted by Gasteiger charge is -2.26. The highest BCUT2D eigenvalue weighted by Gasteiger charge is 2.16. The topological polar surface area (TPSA) is 21.3 Å². The van der Waals surface area contributed by atoms with Gasteiger partial charge in [0, 0.05) is 44.3 Å². The van der Waals surface area contributed by atoms with Gasteiger partial charge in [0.15, 0.2) is 0 Å². The minimum Gasteiger partial charge on any atom is -0.456 e. The smallest absolute Gasteiger partial charge is 0.135 e. The second-order valence-corrected chi connectivity index (χ2v) is 16.1. The Labute approximate surface area is 366 Å². The van der Waals surface area contributed by atoms with Crippen LogP contribution in [0.4, 0.5) is 17.1 Å². The standard InChI is InChI=1S/C60H40N2O/c1-2-11-41(12-3-1)42-21-23-43(24-22-42)44-25-32-49(33-26-44)61(51-36-29-46(30-37-51)48-31-38-60-56(40-48)55-17-6-9-20-59(55)63-60)50-34-27-45(28-35-50)47-13-10-14-52(39-47)62-57-18-7-4-15-53(57)54-16-5-8-19-58(54)62/h1-40H. The Kier molecular flexibility index (Phi) is 8.83. The van der Waals surface area contributed by atoms with Crippen LogP contribution >= 0.6 is 0 Å². The van der Waals surface area contributed by atoms with Crippen LogP contribution in [-0.2, 0) is 0 Å². The van der Waals surface area contributed by atoms with Crippen LogP contribution in [0.25, 0.3) is 93.9 Å². The average molecular weight is 805 g/mol. The SMILES string of the molecule is c1ccc(-c2ccc(-c3ccc(N(c4ccc(-c5cccc(-n6c7ccccc7c7ccccc76)c5)cc4)c4ccc(-c5ccc6oc7ccccc7c6c5)cc4)cc3)cc2)cc1. The van der Waals surface area contributed by atoms with E-state index < -0.39 is 0 Å². The predicted molar refractivity (Wildman–Crippen MR) is 264 cm³/mol. The molecule has 0 fully saturated rings. The van der Waals surface area contributed by atoms with Crippen LogP contribution in [0.15, 0.2) is 247 Å². The predicted octanol–water partition coefficient (Wildman–Crippen LogP) is 16.8. The quantitative estimate of drug-likeness (QED) is 0.153. The first kappa shape index (κ1) is 36.5. The molecule has 0 aliphatic rings. The van der Waals surface area contributed by atoms with E-state index in [-0.39, 0.29) is 0 Å². The first-order valence-corrected chi connectivity index (χ1v) is 21.5. The summed E-state index contributed by atoms with van der Waals surface area (Å²) in [5.74, 6) is 0. The van der Waals surface area contributed by atoms with Crippen molar-refractivity contribution in [2.75, 3.05) is 4.90 Å². The molecule has 3 heteroatoms. The van der Waals surface area contributed by atoms with Gasteiger partial charge in [0.2, 0.25) is 0 Å². The molecule has 0 bridgehead atoms. The lowest BCUT2D eigenvalue weighted by molar-refractivity contribution is 0.669. The third kappa shape index (κ3) is 6.55. The first-order valence-electron chi connectivity index (χ1n) is 21.5. The summed E-state index contributed by atoms with van der Waals surface area (Å²) in [5.41, 5.74) is 18.0. The molecule has 0 aliphatic carbocycles. The number of hydrogen-bond acceptors (Lipinski definition) is 2. The Hall–Kier alpha value is -8.40. The Balaban J connectivity index is 0.899. The minimum absolute atomic E-state index is 0.903. The summed E-state index contributed by atoms with van der Waals surface area (Å²) >= 11 is 0. The van der Waals surface area contributed by atoms with Crippen LogP contribution in [0.5, 0.6) is 0 Å². The molecule has 10 aromatic carbocycles. The van der Waals surface area contributed by atoms with Crippen molar-refractivity contribution in [3.63, 3.8) is 0 Å². The summed E-state index contributed by atoms with van der Waals surface area (Å²) in [6, 6.07) is 87.1. The number of aromatic nitrogens is 1. The molecular formula is C60H40N2O. The summed E-state index contributed by atoms with van der Waals surface area (Å²) in [4.78, 5) is 2.34. The molecule has 0 atom stereocenters.